The first-order chi connectivity index (χ1) is 9.90. The number of hydrogen-bond acceptors (Lipinski definition) is 3. The molecule has 0 saturated carbocycles. The highest BCUT2D eigenvalue weighted by atomic mass is 32.2. The van der Waals surface area contributed by atoms with E-state index in [-0.39, 0.29) is 10.6 Å². The number of anilines is 1. The number of aromatic nitrogens is 1. The Morgan fingerprint density at radius 3 is 2.71 bits per heavy atom. The molecule has 0 aliphatic carbocycles. The molecule has 0 atom stereocenters. The molecule has 0 radical (unpaired) electrons. The average molecular weight is 310 g/mol. The fourth-order valence-corrected chi connectivity index (χ4v) is 2.71. The maximum absolute atomic E-state index is 13.7. The highest BCUT2D eigenvalue weighted by Crippen LogP contribution is 2.20. The standard InChI is InChI=1S/C15H19FN2O2S/c1-3-7-18-8-6-12(11-18)10-17-15-9-13(21(2,19)20)4-5-14(15)16/h4-6,8-9,11,17H,3,7,10H2,1-2H3. The minimum Gasteiger partial charge on any atom is -0.379 e. The molecular weight excluding hydrogens is 291 g/mol. The molecule has 0 aliphatic heterocycles. The van der Waals surface area contributed by atoms with Crippen molar-refractivity contribution in [1.82, 2.24) is 4.57 Å². The molecule has 1 N–H and O–H groups in total. The van der Waals surface area contributed by atoms with E-state index in [4.69, 9.17) is 0 Å². The van der Waals surface area contributed by atoms with Crippen LogP contribution in [0.1, 0.15) is 18.9 Å². The summed E-state index contributed by atoms with van der Waals surface area (Å²) in [7, 11) is -3.34. The largest absolute Gasteiger partial charge is 0.379 e. The van der Waals surface area contributed by atoms with Crippen molar-refractivity contribution in [3.63, 3.8) is 0 Å². The van der Waals surface area contributed by atoms with Crippen molar-refractivity contribution in [3.8, 4) is 0 Å². The maximum Gasteiger partial charge on any atom is 0.175 e. The van der Waals surface area contributed by atoms with Gasteiger partial charge in [0.05, 0.1) is 10.6 Å². The zero-order valence-corrected chi connectivity index (χ0v) is 13.0. The van der Waals surface area contributed by atoms with E-state index in [0.717, 1.165) is 24.8 Å². The summed E-state index contributed by atoms with van der Waals surface area (Å²) in [6, 6.07) is 5.73. The van der Waals surface area contributed by atoms with E-state index in [1.165, 1.54) is 18.2 Å². The van der Waals surface area contributed by atoms with Gasteiger partial charge in [-0.25, -0.2) is 12.8 Å². The highest BCUT2D eigenvalue weighted by molar-refractivity contribution is 7.90. The van der Waals surface area contributed by atoms with Crippen LogP contribution in [-0.4, -0.2) is 19.2 Å². The first-order valence-corrected chi connectivity index (χ1v) is 8.67. The second-order valence-corrected chi connectivity index (χ2v) is 7.04. The quantitative estimate of drug-likeness (QED) is 0.834. The van der Waals surface area contributed by atoms with Crippen LogP contribution in [0.3, 0.4) is 0 Å². The van der Waals surface area contributed by atoms with Gasteiger partial charge < -0.3 is 9.88 Å². The SMILES string of the molecule is CCCn1ccc(CNc2cc(S(C)(=O)=O)ccc2F)c1. The van der Waals surface area contributed by atoms with Crippen molar-refractivity contribution in [1.29, 1.82) is 0 Å². The fraction of sp³-hybridized carbons (Fsp3) is 0.333. The first-order valence-electron chi connectivity index (χ1n) is 6.78. The monoisotopic (exact) mass is 310 g/mol. The highest BCUT2D eigenvalue weighted by Gasteiger charge is 2.11. The third kappa shape index (κ3) is 4.07. The molecule has 1 heterocycles. The van der Waals surface area contributed by atoms with Gasteiger partial charge in [-0.05, 0) is 36.2 Å². The Labute approximate surface area is 124 Å². The number of hydrogen-bond donors (Lipinski definition) is 1. The zero-order valence-electron chi connectivity index (χ0n) is 12.1. The van der Waals surface area contributed by atoms with Gasteiger partial charge in [0.15, 0.2) is 9.84 Å². The molecule has 2 aromatic rings. The van der Waals surface area contributed by atoms with E-state index in [1.807, 2.05) is 18.5 Å². The number of aryl methyl sites for hydroxylation is 1. The minimum absolute atomic E-state index is 0.106. The molecule has 0 bridgehead atoms. The maximum atomic E-state index is 13.7. The summed E-state index contributed by atoms with van der Waals surface area (Å²) in [6.45, 7) is 3.49. The Morgan fingerprint density at radius 1 is 1.29 bits per heavy atom. The molecule has 0 fully saturated rings. The molecule has 0 spiro atoms. The predicted octanol–water partition coefficient (Wildman–Crippen LogP) is 3.05. The summed E-state index contributed by atoms with van der Waals surface area (Å²) in [5.74, 6) is -0.463. The van der Waals surface area contributed by atoms with Gasteiger partial charge in [-0.3, -0.25) is 0 Å². The third-order valence-corrected chi connectivity index (χ3v) is 4.25. The second-order valence-electron chi connectivity index (χ2n) is 5.02. The van der Waals surface area contributed by atoms with Crippen LogP contribution in [0, 0.1) is 5.82 Å². The van der Waals surface area contributed by atoms with Crippen LogP contribution in [0.4, 0.5) is 10.1 Å². The molecular formula is C15H19FN2O2S. The van der Waals surface area contributed by atoms with Gasteiger partial charge in [0.25, 0.3) is 0 Å². The first kappa shape index (κ1) is 15.6. The predicted molar refractivity (Wildman–Crippen MR) is 81.6 cm³/mol. The Kier molecular flexibility index (Phi) is 4.67. The van der Waals surface area contributed by atoms with E-state index in [1.54, 1.807) is 0 Å². The Morgan fingerprint density at radius 2 is 2.05 bits per heavy atom. The number of nitrogens with zero attached hydrogens (tertiary/aromatic N) is 1. The topological polar surface area (TPSA) is 51.1 Å². The fourth-order valence-electron chi connectivity index (χ4n) is 2.06. The molecule has 0 amide bonds. The van der Waals surface area contributed by atoms with Crippen LogP contribution < -0.4 is 5.32 Å². The number of sulfone groups is 1. The number of rotatable bonds is 6. The molecule has 0 unspecified atom stereocenters. The molecule has 4 nitrogen and oxygen atoms in total. The number of halogens is 1. The van der Waals surface area contributed by atoms with Crippen LogP contribution in [-0.2, 0) is 22.9 Å². The average Bonchev–Trinajstić information content (AvgIpc) is 2.84. The zero-order chi connectivity index (χ0) is 15.5. The van der Waals surface area contributed by atoms with Crippen LogP contribution in [0.15, 0.2) is 41.6 Å². The van der Waals surface area contributed by atoms with E-state index in [0.29, 0.717) is 6.54 Å². The van der Waals surface area contributed by atoms with Crippen molar-refractivity contribution in [3.05, 3.63) is 48.0 Å². The lowest BCUT2D eigenvalue weighted by atomic mass is 10.3. The lowest BCUT2D eigenvalue weighted by molar-refractivity contribution is 0.600. The van der Waals surface area contributed by atoms with Gasteiger partial charge in [0, 0.05) is 31.7 Å². The van der Waals surface area contributed by atoms with Gasteiger partial charge in [-0.15, -0.1) is 0 Å². The molecule has 114 valence electrons. The minimum atomic E-state index is -3.34. The summed E-state index contributed by atoms with van der Waals surface area (Å²) in [5.41, 5.74) is 1.22. The van der Waals surface area contributed by atoms with E-state index < -0.39 is 15.7 Å². The van der Waals surface area contributed by atoms with Crippen molar-refractivity contribution in [2.24, 2.45) is 0 Å². The molecule has 2 rings (SSSR count). The number of benzene rings is 1. The van der Waals surface area contributed by atoms with Gasteiger partial charge in [0.2, 0.25) is 0 Å². The smallest absolute Gasteiger partial charge is 0.175 e. The number of nitrogens with one attached hydrogen (secondary N) is 1. The second kappa shape index (κ2) is 6.30. The van der Waals surface area contributed by atoms with Crippen molar-refractivity contribution < 1.29 is 12.8 Å². The summed E-state index contributed by atoms with van der Waals surface area (Å²) in [5, 5.41) is 2.94. The Hall–Kier alpha value is -1.82. The van der Waals surface area contributed by atoms with Crippen LogP contribution >= 0.6 is 0 Å². The van der Waals surface area contributed by atoms with Gasteiger partial charge in [-0.2, -0.15) is 0 Å². The van der Waals surface area contributed by atoms with E-state index in [2.05, 4.69) is 16.8 Å². The summed E-state index contributed by atoms with van der Waals surface area (Å²) in [6.07, 6.45) is 6.13. The lowest BCUT2D eigenvalue weighted by Crippen LogP contribution is -2.04. The van der Waals surface area contributed by atoms with Gasteiger partial charge in [0.1, 0.15) is 5.82 Å². The summed E-state index contributed by atoms with van der Waals surface area (Å²) >= 11 is 0. The summed E-state index contributed by atoms with van der Waals surface area (Å²) in [4.78, 5) is 0.106. The van der Waals surface area contributed by atoms with Crippen LogP contribution in [0.5, 0.6) is 0 Å². The Balaban J connectivity index is 2.12. The molecule has 6 heteroatoms. The van der Waals surface area contributed by atoms with Crippen LogP contribution in [0.25, 0.3) is 0 Å². The van der Waals surface area contributed by atoms with E-state index in [9.17, 15) is 12.8 Å². The molecule has 0 aliphatic rings. The summed E-state index contributed by atoms with van der Waals surface area (Å²) < 4.78 is 38.8. The molecule has 1 aromatic heterocycles. The van der Waals surface area contributed by atoms with Crippen molar-refractivity contribution in [2.45, 2.75) is 31.3 Å². The van der Waals surface area contributed by atoms with E-state index >= 15 is 0 Å². The van der Waals surface area contributed by atoms with Crippen molar-refractivity contribution >= 4 is 15.5 Å². The molecule has 0 saturated heterocycles. The molecule has 1 aromatic carbocycles. The Bertz CT molecular complexity index is 723. The van der Waals surface area contributed by atoms with Crippen LogP contribution in [0.2, 0.25) is 0 Å². The lowest BCUT2D eigenvalue weighted by Gasteiger charge is -2.08. The molecule has 21 heavy (non-hydrogen) atoms. The van der Waals surface area contributed by atoms with Gasteiger partial charge in [-0.1, -0.05) is 6.92 Å². The third-order valence-electron chi connectivity index (χ3n) is 3.14. The van der Waals surface area contributed by atoms with Crippen molar-refractivity contribution in [2.75, 3.05) is 11.6 Å². The normalized spacial score (nSPS) is 11.6. The van der Waals surface area contributed by atoms with Gasteiger partial charge >= 0.3 is 0 Å².